The Balaban J connectivity index is 1.29. The van der Waals surface area contributed by atoms with Crippen LogP contribution in [0.2, 0.25) is 0 Å². The summed E-state index contributed by atoms with van der Waals surface area (Å²) >= 11 is 0. The van der Waals surface area contributed by atoms with Crippen molar-refractivity contribution in [1.29, 1.82) is 0 Å². The van der Waals surface area contributed by atoms with Crippen molar-refractivity contribution in [2.24, 2.45) is 5.92 Å². The molecule has 0 radical (unpaired) electrons. The Labute approximate surface area is 245 Å². The van der Waals surface area contributed by atoms with Gasteiger partial charge in [0.2, 0.25) is 5.91 Å². The standard InChI is InChI=1S/C33H35N3O6/c1-24(8-7-13-30(38)34(18-20-37)22-25-9-3-2-4-10-25)33(41)28-11-5-6-12-29(28)36(31(33)39)23-26-14-16-27(17-15-26)35-19-21-42-32(35)40/h2-12,14-17,24,37,41H,13,18-23H2,1H3/b8-7+/t24-,33+/m1/s1. The number of para-hydroxylation sites is 1. The van der Waals surface area contributed by atoms with E-state index in [1.165, 1.54) is 0 Å². The van der Waals surface area contributed by atoms with Crippen LogP contribution in [-0.2, 0) is 33.0 Å². The summed E-state index contributed by atoms with van der Waals surface area (Å²) in [6, 6.07) is 24.1. The Morgan fingerprint density at radius 1 is 1.02 bits per heavy atom. The summed E-state index contributed by atoms with van der Waals surface area (Å²) in [5, 5.41) is 21.3. The maximum atomic E-state index is 13.8. The van der Waals surface area contributed by atoms with Gasteiger partial charge in [-0.2, -0.15) is 0 Å². The summed E-state index contributed by atoms with van der Waals surface area (Å²) in [6.45, 7) is 3.31. The molecule has 2 aliphatic rings. The van der Waals surface area contributed by atoms with Crippen LogP contribution in [0.4, 0.5) is 16.2 Å². The van der Waals surface area contributed by atoms with E-state index < -0.39 is 17.4 Å². The summed E-state index contributed by atoms with van der Waals surface area (Å²) in [4.78, 5) is 43.4. The number of ether oxygens (including phenoxy) is 1. The average Bonchev–Trinajstić information content (AvgIpc) is 3.53. The highest BCUT2D eigenvalue weighted by molar-refractivity contribution is 6.07. The highest BCUT2D eigenvalue weighted by atomic mass is 16.6. The van der Waals surface area contributed by atoms with E-state index in [-0.39, 0.29) is 38.1 Å². The molecule has 0 saturated carbocycles. The zero-order valence-electron chi connectivity index (χ0n) is 23.6. The number of aliphatic hydroxyl groups is 2. The van der Waals surface area contributed by atoms with Crippen molar-refractivity contribution in [1.82, 2.24) is 4.90 Å². The molecular formula is C33H35N3O6. The quantitative estimate of drug-likeness (QED) is 0.338. The molecule has 9 nitrogen and oxygen atoms in total. The number of aliphatic hydroxyl groups excluding tert-OH is 1. The Morgan fingerprint density at radius 3 is 2.43 bits per heavy atom. The lowest BCUT2D eigenvalue weighted by Crippen LogP contribution is -2.44. The van der Waals surface area contributed by atoms with Crippen LogP contribution in [0.3, 0.4) is 0 Å². The SMILES string of the molecule is C[C@H](/C=C/CC(=O)N(CCO)Cc1ccccc1)[C@@]1(O)C(=O)N(Cc2ccc(N3CCOC3=O)cc2)c2ccccc21. The second-order valence-corrected chi connectivity index (χ2v) is 10.6. The molecule has 0 unspecified atom stereocenters. The van der Waals surface area contributed by atoms with Gasteiger partial charge < -0.3 is 24.7 Å². The van der Waals surface area contributed by atoms with Crippen molar-refractivity contribution in [3.8, 4) is 0 Å². The van der Waals surface area contributed by atoms with E-state index in [1.807, 2.05) is 66.7 Å². The van der Waals surface area contributed by atoms with E-state index in [9.17, 15) is 24.6 Å². The van der Waals surface area contributed by atoms with Crippen molar-refractivity contribution in [3.05, 3.63) is 108 Å². The van der Waals surface area contributed by atoms with E-state index in [1.54, 1.807) is 45.9 Å². The number of hydrogen-bond donors (Lipinski definition) is 2. The maximum absolute atomic E-state index is 13.8. The Hall–Kier alpha value is -4.47. The Bertz CT molecular complexity index is 1460. The molecule has 0 aromatic heterocycles. The van der Waals surface area contributed by atoms with Gasteiger partial charge in [-0.3, -0.25) is 14.5 Å². The van der Waals surface area contributed by atoms with Crippen molar-refractivity contribution in [2.75, 3.05) is 36.1 Å². The Morgan fingerprint density at radius 2 is 1.74 bits per heavy atom. The first kappa shape index (κ1) is 29.0. The first-order chi connectivity index (χ1) is 20.3. The third-order valence-corrected chi connectivity index (χ3v) is 7.84. The van der Waals surface area contributed by atoms with Crippen LogP contribution in [0.5, 0.6) is 0 Å². The molecule has 2 heterocycles. The molecule has 2 N–H and O–H groups in total. The van der Waals surface area contributed by atoms with Crippen LogP contribution >= 0.6 is 0 Å². The number of amides is 3. The fraction of sp³-hybridized carbons (Fsp3) is 0.303. The summed E-state index contributed by atoms with van der Waals surface area (Å²) in [5.41, 5.74) is 1.87. The number of fused-ring (bicyclic) bond motifs is 1. The molecule has 9 heteroatoms. The normalized spacial score (nSPS) is 18.8. The fourth-order valence-corrected chi connectivity index (χ4v) is 5.51. The second kappa shape index (κ2) is 12.6. The van der Waals surface area contributed by atoms with Gasteiger partial charge in [0, 0.05) is 36.7 Å². The number of anilines is 2. The number of carbonyl (C=O) groups is 3. The summed E-state index contributed by atoms with van der Waals surface area (Å²) in [7, 11) is 0. The lowest BCUT2D eigenvalue weighted by Gasteiger charge is -2.28. The van der Waals surface area contributed by atoms with Gasteiger partial charge in [0.1, 0.15) is 6.61 Å². The number of rotatable bonds is 11. The van der Waals surface area contributed by atoms with Gasteiger partial charge in [-0.15, -0.1) is 0 Å². The zero-order chi connectivity index (χ0) is 29.7. The molecule has 3 aromatic rings. The topological polar surface area (TPSA) is 111 Å². The first-order valence-corrected chi connectivity index (χ1v) is 14.1. The van der Waals surface area contributed by atoms with Crippen LogP contribution in [0, 0.1) is 5.92 Å². The molecule has 0 aliphatic carbocycles. The Kier molecular flexibility index (Phi) is 8.70. The van der Waals surface area contributed by atoms with E-state index in [2.05, 4.69) is 0 Å². The zero-order valence-corrected chi connectivity index (χ0v) is 23.6. The third kappa shape index (κ3) is 5.79. The lowest BCUT2D eigenvalue weighted by atomic mass is 9.83. The van der Waals surface area contributed by atoms with Crippen molar-refractivity contribution < 1.29 is 29.3 Å². The molecule has 1 fully saturated rings. The molecule has 0 spiro atoms. The summed E-state index contributed by atoms with van der Waals surface area (Å²) in [6.07, 6.45) is 3.09. The summed E-state index contributed by atoms with van der Waals surface area (Å²) in [5.74, 6) is -1.22. The van der Waals surface area contributed by atoms with Crippen molar-refractivity contribution in [3.63, 3.8) is 0 Å². The van der Waals surface area contributed by atoms with Gasteiger partial charge in [0.25, 0.3) is 5.91 Å². The van der Waals surface area contributed by atoms with Crippen LogP contribution in [-0.4, -0.2) is 59.3 Å². The average molecular weight is 570 g/mol. The van der Waals surface area contributed by atoms with Crippen LogP contribution in [0.15, 0.2) is 91.0 Å². The molecule has 42 heavy (non-hydrogen) atoms. The van der Waals surface area contributed by atoms with E-state index >= 15 is 0 Å². The molecule has 1 saturated heterocycles. The van der Waals surface area contributed by atoms with Gasteiger partial charge in [-0.25, -0.2) is 4.79 Å². The van der Waals surface area contributed by atoms with Crippen LogP contribution in [0.1, 0.15) is 30.0 Å². The maximum Gasteiger partial charge on any atom is 0.414 e. The van der Waals surface area contributed by atoms with Gasteiger partial charge in [-0.1, -0.05) is 79.7 Å². The predicted octanol–water partition coefficient (Wildman–Crippen LogP) is 3.98. The largest absolute Gasteiger partial charge is 0.447 e. The molecule has 3 amide bonds. The van der Waals surface area contributed by atoms with Crippen molar-refractivity contribution in [2.45, 2.75) is 32.0 Å². The molecule has 3 aromatic carbocycles. The van der Waals surface area contributed by atoms with E-state index in [4.69, 9.17) is 4.74 Å². The molecule has 0 bridgehead atoms. The molecule has 5 rings (SSSR count). The van der Waals surface area contributed by atoms with E-state index in [0.717, 1.165) is 16.8 Å². The second-order valence-electron chi connectivity index (χ2n) is 10.6. The lowest BCUT2D eigenvalue weighted by molar-refractivity contribution is -0.139. The first-order valence-electron chi connectivity index (χ1n) is 14.1. The fourth-order valence-electron chi connectivity index (χ4n) is 5.51. The highest BCUT2D eigenvalue weighted by Gasteiger charge is 2.52. The molecule has 2 aliphatic heterocycles. The van der Waals surface area contributed by atoms with Gasteiger partial charge in [0.05, 0.1) is 25.4 Å². The molecular weight excluding hydrogens is 534 g/mol. The highest BCUT2D eigenvalue weighted by Crippen LogP contribution is 2.45. The number of hydrogen-bond acceptors (Lipinski definition) is 6. The summed E-state index contributed by atoms with van der Waals surface area (Å²) < 4.78 is 5.01. The molecule has 218 valence electrons. The monoisotopic (exact) mass is 569 g/mol. The predicted molar refractivity (Wildman–Crippen MR) is 159 cm³/mol. The van der Waals surface area contributed by atoms with E-state index in [0.29, 0.717) is 30.9 Å². The minimum atomic E-state index is -1.80. The minimum absolute atomic E-state index is 0.0731. The number of cyclic esters (lactones) is 1. The third-order valence-electron chi connectivity index (χ3n) is 7.84. The minimum Gasteiger partial charge on any atom is -0.447 e. The van der Waals surface area contributed by atoms with Gasteiger partial charge in [0.15, 0.2) is 5.60 Å². The smallest absolute Gasteiger partial charge is 0.414 e. The van der Waals surface area contributed by atoms with Crippen LogP contribution in [0.25, 0.3) is 0 Å². The van der Waals surface area contributed by atoms with Gasteiger partial charge >= 0.3 is 6.09 Å². The number of carbonyl (C=O) groups excluding carboxylic acids is 3. The molecule has 2 atom stereocenters. The van der Waals surface area contributed by atoms with Gasteiger partial charge in [-0.05, 0) is 29.3 Å². The number of nitrogens with zero attached hydrogens (tertiary/aromatic N) is 3. The number of benzene rings is 3. The van der Waals surface area contributed by atoms with Crippen molar-refractivity contribution >= 4 is 29.3 Å². The van der Waals surface area contributed by atoms with Crippen LogP contribution < -0.4 is 9.80 Å².